The van der Waals surface area contributed by atoms with Gasteiger partial charge in [0.15, 0.2) is 0 Å². The van der Waals surface area contributed by atoms with Crippen LogP contribution in [0.4, 0.5) is 0 Å². The van der Waals surface area contributed by atoms with Gasteiger partial charge in [0.1, 0.15) is 5.52 Å². The third kappa shape index (κ3) is 3.26. The first-order valence-electron chi connectivity index (χ1n) is 6.40. The molecule has 1 heterocycles. The largest absolute Gasteiger partial charge is 0.352 e. The lowest BCUT2D eigenvalue weighted by atomic mass is 10.1. The van der Waals surface area contributed by atoms with Gasteiger partial charge in [0.2, 0.25) is 0 Å². The van der Waals surface area contributed by atoms with Crippen molar-refractivity contribution in [2.24, 2.45) is 11.7 Å². The van der Waals surface area contributed by atoms with Crippen LogP contribution in [-0.4, -0.2) is 29.0 Å². The molecule has 1 atom stereocenters. The average Bonchev–Trinajstić information content (AvgIpc) is 2.44. The number of para-hydroxylation sites is 1. The Labute approximate surface area is 112 Å². The first-order valence-corrected chi connectivity index (χ1v) is 6.40. The van der Waals surface area contributed by atoms with E-state index in [1.54, 1.807) is 18.5 Å². The summed E-state index contributed by atoms with van der Waals surface area (Å²) in [4.78, 5) is 20.6. The first-order chi connectivity index (χ1) is 9.22. The number of nitrogens with two attached hydrogens (primary N) is 1. The van der Waals surface area contributed by atoms with Crippen LogP contribution in [0, 0.1) is 5.92 Å². The second-order valence-electron chi connectivity index (χ2n) is 4.62. The van der Waals surface area contributed by atoms with Crippen LogP contribution in [0.2, 0.25) is 0 Å². The minimum absolute atomic E-state index is 0.116. The third-order valence-electron chi connectivity index (χ3n) is 3.01. The van der Waals surface area contributed by atoms with Crippen molar-refractivity contribution in [2.75, 3.05) is 13.1 Å². The summed E-state index contributed by atoms with van der Waals surface area (Å²) < 4.78 is 0. The van der Waals surface area contributed by atoms with Gasteiger partial charge in [0.25, 0.3) is 5.91 Å². The summed E-state index contributed by atoms with van der Waals surface area (Å²) in [7, 11) is 0. The van der Waals surface area contributed by atoms with Crippen molar-refractivity contribution in [2.45, 2.75) is 13.3 Å². The Hall–Kier alpha value is -2.01. The van der Waals surface area contributed by atoms with Gasteiger partial charge in [-0.3, -0.25) is 14.8 Å². The Morgan fingerprint density at radius 1 is 1.37 bits per heavy atom. The van der Waals surface area contributed by atoms with Gasteiger partial charge in [0, 0.05) is 18.9 Å². The number of nitrogens with zero attached hydrogens (tertiary/aromatic N) is 2. The van der Waals surface area contributed by atoms with E-state index in [1.165, 1.54) is 0 Å². The zero-order valence-corrected chi connectivity index (χ0v) is 11.0. The van der Waals surface area contributed by atoms with E-state index in [0.29, 0.717) is 30.1 Å². The van der Waals surface area contributed by atoms with Crippen molar-refractivity contribution < 1.29 is 4.79 Å². The molecule has 0 saturated heterocycles. The van der Waals surface area contributed by atoms with Gasteiger partial charge in [-0.15, -0.1) is 0 Å². The summed E-state index contributed by atoms with van der Waals surface area (Å²) in [6, 6.07) is 5.42. The molecule has 0 aliphatic heterocycles. The Bertz CT molecular complexity index is 565. The quantitative estimate of drug-likeness (QED) is 0.848. The molecule has 19 heavy (non-hydrogen) atoms. The number of hydrogen-bond acceptors (Lipinski definition) is 4. The highest BCUT2D eigenvalue weighted by molar-refractivity contribution is 6.04. The Morgan fingerprint density at radius 2 is 2.16 bits per heavy atom. The van der Waals surface area contributed by atoms with Crippen LogP contribution >= 0.6 is 0 Å². The van der Waals surface area contributed by atoms with Gasteiger partial charge >= 0.3 is 0 Å². The van der Waals surface area contributed by atoms with Gasteiger partial charge in [-0.2, -0.15) is 0 Å². The van der Waals surface area contributed by atoms with Crippen LogP contribution in [0.3, 0.4) is 0 Å². The zero-order chi connectivity index (χ0) is 13.7. The number of carbonyl (C=O) groups excluding carboxylic acids is 1. The lowest BCUT2D eigenvalue weighted by Gasteiger charge is -2.12. The van der Waals surface area contributed by atoms with Crippen molar-refractivity contribution >= 4 is 16.9 Å². The number of hydrogen-bond donors (Lipinski definition) is 2. The summed E-state index contributed by atoms with van der Waals surface area (Å²) in [5, 5.41) is 2.91. The molecule has 1 aromatic heterocycles. The normalized spacial score (nSPS) is 12.3. The predicted octanol–water partition coefficient (Wildman–Crippen LogP) is 1.34. The molecule has 0 saturated carbocycles. The monoisotopic (exact) mass is 258 g/mol. The fourth-order valence-corrected chi connectivity index (χ4v) is 1.92. The van der Waals surface area contributed by atoms with Crippen LogP contribution in [0.5, 0.6) is 0 Å². The summed E-state index contributed by atoms with van der Waals surface area (Å²) in [5.41, 5.74) is 7.41. The highest BCUT2D eigenvalue weighted by Gasteiger charge is 2.12. The van der Waals surface area contributed by atoms with Crippen molar-refractivity contribution in [3.63, 3.8) is 0 Å². The van der Waals surface area contributed by atoms with Crippen molar-refractivity contribution in [1.82, 2.24) is 15.3 Å². The molecule has 0 radical (unpaired) electrons. The number of rotatable bonds is 5. The predicted molar refractivity (Wildman–Crippen MR) is 74.7 cm³/mol. The van der Waals surface area contributed by atoms with Crippen molar-refractivity contribution in [3.8, 4) is 0 Å². The molecule has 2 rings (SSSR count). The third-order valence-corrected chi connectivity index (χ3v) is 3.01. The SMILES string of the molecule is CC(CCN)CNC(=O)c1cccc2nccnc12. The standard InChI is InChI=1S/C14H18N4O/c1-10(5-6-15)9-18-14(19)11-3-2-4-12-13(11)17-8-7-16-12/h2-4,7-8,10H,5-6,9,15H2,1H3,(H,18,19). The Balaban J connectivity index is 2.13. The van der Waals surface area contributed by atoms with E-state index in [0.717, 1.165) is 11.9 Å². The highest BCUT2D eigenvalue weighted by atomic mass is 16.1. The van der Waals surface area contributed by atoms with Gasteiger partial charge < -0.3 is 11.1 Å². The van der Waals surface area contributed by atoms with Gasteiger partial charge in [-0.05, 0) is 31.0 Å². The number of fused-ring (bicyclic) bond motifs is 1. The van der Waals surface area contributed by atoms with E-state index in [1.807, 2.05) is 12.1 Å². The maximum absolute atomic E-state index is 12.2. The molecule has 0 spiro atoms. The fourth-order valence-electron chi connectivity index (χ4n) is 1.92. The van der Waals surface area contributed by atoms with E-state index < -0.39 is 0 Å². The maximum atomic E-state index is 12.2. The highest BCUT2D eigenvalue weighted by Crippen LogP contribution is 2.13. The van der Waals surface area contributed by atoms with Crippen LogP contribution < -0.4 is 11.1 Å². The van der Waals surface area contributed by atoms with E-state index in [4.69, 9.17) is 5.73 Å². The number of aromatic nitrogens is 2. The van der Waals surface area contributed by atoms with Crippen molar-refractivity contribution in [1.29, 1.82) is 0 Å². The molecule has 3 N–H and O–H groups in total. The van der Waals surface area contributed by atoms with E-state index in [2.05, 4.69) is 22.2 Å². The molecule has 0 fully saturated rings. The molecule has 5 nitrogen and oxygen atoms in total. The molecule has 1 aromatic carbocycles. The van der Waals surface area contributed by atoms with Gasteiger partial charge in [0.05, 0.1) is 11.1 Å². The van der Waals surface area contributed by atoms with Crippen LogP contribution in [0.25, 0.3) is 11.0 Å². The molecule has 0 aliphatic carbocycles. The van der Waals surface area contributed by atoms with Crippen LogP contribution in [0.1, 0.15) is 23.7 Å². The second-order valence-corrected chi connectivity index (χ2v) is 4.62. The molecule has 0 bridgehead atoms. The van der Waals surface area contributed by atoms with E-state index in [9.17, 15) is 4.79 Å². The summed E-state index contributed by atoms with van der Waals surface area (Å²) in [6.45, 7) is 3.32. The molecular weight excluding hydrogens is 240 g/mol. The van der Waals surface area contributed by atoms with E-state index >= 15 is 0 Å². The van der Waals surface area contributed by atoms with Crippen molar-refractivity contribution in [3.05, 3.63) is 36.2 Å². The molecule has 5 heteroatoms. The number of benzene rings is 1. The summed E-state index contributed by atoms with van der Waals surface area (Å²) >= 11 is 0. The van der Waals surface area contributed by atoms with E-state index in [-0.39, 0.29) is 5.91 Å². The summed E-state index contributed by atoms with van der Waals surface area (Å²) in [5.74, 6) is 0.255. The minimum atomic E-state index is -0.116. The average molecular weight is 258 g/mol. The Kier molecular flexibility index (Phi) is 4.41. The van der Waals surface area contributed by atoms with Gasteiger partial charge in [-0.25, -0.2) is 0 Å². The maximum Gasteiger partial charge on any atom is 0.253 e. The molecule has 2 aromatic rings. The zero-order valence-electron chi connectivity index (χ0n) is 11.0. The number of carbonyl (C=O) groups is 1. The summed E-state index contributed by atoms with van der Waals surface area (Å²) in [6.07, 6.45) is 4.11. The molecule has 100 valence electrons. The minimum Gasteiger partial charge on any atom is -0.352 e. The van der Waals surface area contributed by atoms with Gasteiger partial charge in [-0.1, -0.05) is 13.0 Å². The number of amides is 1. The Morgan fingerprint density at radius 3 is 2.95 bits per heavy atom. The molecule has 1 unspecified atom stereocenters. The smallest absolute Gasteiger partial charge is 0.253 e. The van der Waals surface area contributed by atoms with Crippen LogP contribution in [-0.2, 0) is 0 Å². The fraction of sp³-hybridized carbons (Fsp3) is 0.357. The molecular formula is C14H18N4O. The van der Waals surface area contributed by atoms with Crippen LogP contribution in [0.15, 0.2) is 30.6 Å². The first kappa shape index (κ1) is 13.4. The topological polar surface area (TPSA) is 80.9 Å². The molecule has 1 amide bonds. The second kappa shape index (κ2) is 6.24. The lowest BCUT2D eigenvalue weighted by molar-refractivity contribution is 0.0949. The lowest BCUT2D eigenvalue weighted by Crippen LogP contribution is -2.29. The molecule has 0 aliphatic rings. The number of nitrogens with one attached hydrogen (secondary N) is 1.